The van der Waals surface area contributed by atoms with Crippen LogP contribution in [0, 0.1) is 12.8 Å². The molecule has 2 amide bonds. The van der Waals surface area contributed by atoms with Crippen LogP contribution in [0.3, 0.4) is 0 Å². The van der Waals surface area contributed by atoms with E-state index in [9.17, 15) is 19.6 Å². The normalized spacial score (nSPS) is 17.8. The summed E-state index contributed by atoms with van der Waals surface area (Å²) in [5.74, 6) is -1.53. The van der Waals surface area contributed by atoms with Crippen LogP contribution < -0.4 is 10.6 Å². The fourth-order valence-electron chi connectivity index (χ4n) is 4.58. The highest BCUT2D eigenvalue weighted by Crippen LogP contribution is 2.29. The first kappa shape index (κ1) is 26.4. The number of imidazole rings is 1. The van der Waals surface area contributed by atoms with Crippen molar-refractivity contribution >= 4 is 30.3 Å². The molecule has 11 heteroatoms. The predicted molar refractivity (Wildman–Crippen MR) is 140 cm³/mol. The number of rotatable bonds is 10. The first-order chi connectivity index (χ1) is 17.7. The molecule has 0 radical (unpaired) electrons. The number of hydrogen-bond donors (Lipinski definition) is 4. The number of nitrogens with one attached hydrogen (secondary N) is 2. The summed E-state index contributed by atoms with van der Waals surface area (Å²) >= 11 is 0. The molecule has 0 saturated heterocycles. The number of hydrogen-bond acceptors (Lipinski definition) is 7. The second-order valence-corrected chi connectivity index (χ2v) is 9.86. The zero-order valence-electron chi connectivity index (χ0n) is 21.2. The van der Waals surface area contributed by atoms with Crippen molar-refractivity contribution in [2.45, 2.75) is 51.6 Å². The molecule has 0 bridgehead atoms. The molecule has 1 aliphatic rings. The van der Waals surface area contributed by atoms with Gasteiger partial charge < -0.3 is 25.5 Å². The van der Waals surface area contributed by atoms with Gasteiger partial charge in [0.05, 0.1) is 23.9 Å². The number of benzene rings is 1. The SMILES string of the molecule is Cc1nc2ccccn2c1C(=O)NCC1=NOC(Cc2ccccc2)(C(=O)N[C@@H](CC(C)C)B(O)O)C1. The van der Waals surface area contributed by atoms with Crippen molar-refractivity contribution in [1.82, 2.24) is 20.0 Å². The number of fused-ring (bicyclic) bond motifs is 1. The van der Waals surface area contributed by atoms with E-state index < -0.39 is 24.6 Å². The lowest BCUT2D eigenvalue weighted by molar-refractivity contribution is -0.144. The third-order valence-electron chi connectivity index (χ3n) is 6.36. The molecule has 0 saturated carbocycles. The van der Waals surface area contributed by atoms with Crippen LogP contribution in [0.15, 0.2) is 59.9 Å². The summed E-state index contributed by atoms with van der Waals surface area (Å²) in [4.78, 5) is 36.7. The minimum atomic E-state index is -1.71. The van der Waals surface area contributed by atoms with Crippen molar-refractivity contribution < 1.29 is 24.5 Å². The monoisotopic (exact) mass is 505 g/mol. The van der Waals surface area contributed by atoms with E-state index in [1.54, 1.807) is 17.5 Å². The van der Waals surface area contributed by atoms with E-state index in [1.165, 1.54) is 0 Å². The smallest absolute Gasteiger partial charge is 0.426 e. The van der Waals surface area contributed by atoms with Crippen LogP contribution in [0.1, 0.15) is 48.4 Å². The van der Waals surface area contributed by atoms with E-state index >= 15 is 0 Å². The molecule has 0 spiro atoms. The second-order valence-electron chi connectivity index (χ2n) is 9.86. The molecule has 2 aromatic heterocycles. The van der Waals surface area contributed by atoms with Crippen molar-refractivity contribution in [1.29, 1.82) is 0 Å². The number of oxime groups is 1. The van der Waals surface area contributed by atoms with Crippen molar-refractivity contribution in [3.8, 4) is 0 Å². The predicted octanol–water partition coefficient (Wildman–Crippen LogP) is 1.67. The Balaban J connectivity index is 1.49. The molecule has 4 N–H and O–H groups in total. The summed E-state index contributed by atoms with van der Waals surface area (Å²) in [5.41, 5.74) is 1.68. The molecule has 3 heterocycles. The van der Waals surface area contributed by atoms with E-state index in [4.69, 9.17) is 4.84 Å². The molecule has 1 unspecified atom stereocenters. The van der Waals surface area contributed by atoms with Crippen molar-refractivity contribution in [2.24, 2.45) is 11.1 Å². The molecule has 194 valence electrons. The van der Waals surface area contributed by atoms with Gasteiger partial charge >= 0.3 is 7.12 Å². The topological polar surface area (TPSA) is 138 Å². The van der Waals surface area contributed by atoms with Crippen LogP contribution in [-0.4, -0.2) is 62.2 Å². The Kier molecular flexibility index (Phi) is 7.94. The quantitative estimate of drug-likeness (QED) is 0.310. The summed E-state index contributed by atoms with van der Waals surface area (Å²) in [6.45, 7) is 5.72. The first-order valence-corrected chi connectivity index (χ1v) is 12.4. The summed E-state index contributed by atoms with van der Waals surface area (Å²) in [7, 11) is -1.71. The number of aromatic nitrogens is 2. The fraction of sp³-hybridized carbons (Fsp3) is 0.385. The third kappa shape index (κ3) is 6.00. The molecule has 10 nitrogen and oxygen atoms in total. The van der Waals surface area contributed by atoms with E-state index in [0.717, 1.165) is 5.56 Å². The van der Waals surface area contributed by atoms with Crippen LogP contribution in [0.2, 0.25) is 0 Å². The highest BCUT2D eigenvalue weighted by molar-refractivity contribution is 6.43. The van der Waals surface area contributed by atoms with Crippen molar-refractivity contribution in [2.75, 3.05) is 6.54 Å². The largest absolute Gasteiger partial charge is 0.475 e. The van der Waals surface area contributed by atoms with Crippen molar-refractivity contribution in [3.63, 3.8) is 0 Å². The van der Waals surface area contributed by atoms with Gasteiger partial charge in [0.1, 0.15) is 11.3 Å². The standard InChI is InChI=1S/C26H32BN5O5/c1-17(2)13-21(27(35)36)30-25(34)26(14-19-9-5-4-6-10-19)15-20(31-37-26)16-28-24(33)23-18(3)29-22-11-7-8-12-32(22)23/h4-12,17,21,35-36H,13-16H2,1-3H3,(H,28,33)(H,30,34)/t21-,26?/m0/s1. The molecule has 3 aromatic rings. The molecular formula is C26H32BN5O5. The zero-order chi connectivity index (χ0) is 26.6. The maximum absolute atomic E-state index is 13.5. The van der Waals surface area contributed by atoms with Gasteiger partial charge in [0.2, 0.25) is 5.60 Å². The van der Waals surface area contributed by atoms with Gasteiger partial charge in [-0.3, -0.25) is 14.0 Å². The average Bonchev–Trinajstić information content (AvgIpc) is 3.43. The van der Waals surface area contributed by atoms with E-state index in [1.807, 2.05) is 62.4 Å². The van der Waals surface area contributed by atoms with Gasteiger partial charge in [-0.05, 0) is 37.0 Å². The molecule has 0 fully saturated rings. The van der Waals surface area contributed by atoms with Crippen LogP contribution in [0.25, 0.3) is 5.65 Å². The van der Waals surface area contributed by atoms with Crippen LogP contribution >= 0.6 is 0 Å². The molecule has 1 aromatic carbocycles. The van der Waals surface area contributed by atoms with E-state index in [2.05, 4.69) is 20.8 Å². The highest BCUT2D eigenvalue weighted by atomic mass is 16.7. The van der Waals surface area contributed by atoms with Crippen LogP contribution in [-0.2, 0) is 16.1 Å². The lowest BCUT2D eigenvalue weighted by atomic mass is 9.74. The summed E-state index contributed by atoms with van der Waals surface area (Å²) in [5, 5.41) is 29.4. The number of pyridine rings is 1. The minimum absolute atomic E-state index is 0.0835. The molecule has 0 aliphatic carbocycles. The Labute approximate surface area is 215 Å². The van der Waals surface area contributed by atoms with E-state index in [-0.39, 0.29) is 31.2 Å². The molecule has 37 heavy (non-hydrogen) atoms. The van der Waals surface area contributed by atoms with Crippen molar-refractivity contribution in [3.05, 3.63) is 71.7 Å². The number of nitrogens with zero attached hydrogens (tertiary/aromatic N) is 3. The molecule has 1 aliphatic heterocycles. The number of carbonyl (C=O) groups excluding carboxylic acids is 2. The fourth-order valence-corrected chi connectivity index (χ4v) is 4.58. The summed E-state index contributed by atoms with van der Waals surface area (Å²) in [6, 6.07) is 14.9. The molecule has 4 rings (SSSR count). The Morgan fingerprint density at radius 2 is 1.89 bits per heavy atom. The first-order valence-electron chi connectivity index (χ1n) is 12.4. The number of amides is 2. The zero-order valence-corrected chi connectivity index (χ0v) is 21.2. The highest BCUT2D eigenvalue weighted by Gasteiger charge is 2.48. The average molecular weight is 505 g/mol. The van der Waals surface area contributed by atoms with Gasteiger partial charge in [-0.15, -0.1) is 0 Å². The van der Waals surface area contributed by atoms with Crippen LogP contribution in [0.5, 0.6) is 0 Å². The summed E-state index contributed by atoms with van der Waals surface area (Å²) < 4.78 is 1.72. The van der Waals surface area contributed by atoms with Gasteiger partial charge in [-0.25, -0.2) is 4.98 Å². The van der Waals surface area contributed by atoms with Gasteiger partial charge in [0.15, 0.2) is 0 Å². The Morgan fingerprint density at radius 1 is 1.16 bits per heavy atom. The Morgan fingerprint density at radius 3 is 2.59 bits per heavy atom. The summed E-state index contributed by atoms with van der Waals surface area (Å²) in [6.07, 6.45) is 2.52. The van der Waals surface area contributed by atoms with Crippen LogP contribution in [0.4, 0.5) is 0 Å². The lowest BCUT2D eigenvalue weighted by Gasteiger charge is -2.29. The Bertz CT molecular complexity index is 1290. The van der Waals surface area contributed by atoms with Gasteiger partial charge in [0.25, 0.3) is 11.8 Å². The third-order valence-corrected chi connectivity index (χ3v) is 6.36. The van der Waals surface area contributed by atoms with E-state index in [0.29, 0.717) is 29.2 Å². The maximum atomic E-state index is 13.5. The van der Waals surface area contributed by atoms with Gasteiger partial charge in [0, 0.05) is 19.0 Å². The second kappa shape index (κ2) is 11.1. The molecule has 2 atom stereocenters. The minimum Gasteiger partial charge on any atom is -0.426 e. The van der Waals surface area contributed by atoms with Gasteiger partial charge in [-0.1, -0.05) is 55.4 Å². The van der Waals surface area contributed by atoms with Gasteiger partial charge in [-0.2, -0.15) is 0 Å². The Hall–Kier alpha value is -3.70. The number of carbonyl (C=O) groups is 2. The number of aryl methyl sites for hydroxylation is 1. The maximum Gasteiger partial charge on any atom is 0.475 e. The molecular weight excluding hydrogens is 473 g/mol. The lowest BCUT2D eigenvalue weighted by Crippen LogP contribution is -2.56.